The summed E-state index contributed by atoms with van der Waals surface area (Å²) >= 11 is 0. The molecule has 0 spiro atoms. The van der Waals surface area contributed by atoms with E-state index in [9.17, 15) is 9.59 Å². The first-order valence-electron chi connectivity index (χ1n) is 10.0. The predicted octanol–water partition coefficient (Wildman–Crippen LogP) is 1.53. The van der Waals surface area contributed by atoms with Crippen molar-refractivity contribution >= 4 is 11.8 Å². The Bertz CT molecular complexity index is 886. The van der Waals surface area contributed by atoms with Gasteiger partial charge in [-0.25, -0.2) is 4.98 Å². The van der Waals surface area contributed by atoms with Crippen LogP contribution in [-0.4, -0.2) is 59.3 Å². The lowest BCUT2D eigenvalue weighted by Gasteiger charge is -2.25. The number of fused-ring (bicyclic) bond motifs is 1. The van der Waals surface area contributed by atoms with Gasteiger partial charge in [0, 0.05) is 45.1 Å². The van der Waals surface area contributed by atoms with Crippen LogP contribution >= 0.6 is 0 Å². The second-order valence-corrected chi connectivity index (χ2v) is 7.19. The molecule has 4 rings (SSSR count). The van der Waals surface area contributed by atoms with Crippen molar-refractivity contribution in [3.63, 3.8) is 0 Å². The summed E-state index contributed by atoms with van der Waals surface area (Å²) in [5.41, 5.74) is 1.18. The van der Waals surface area contributed by atoms with Gasteiger partial charge in [0.1, 0.15) is 5.69 Å². The Kier molecular flexibility index (Phi) is 6.38. The van der Waals surface area contributed by atoms with E-state index in [2.05, 4.69) is 15.3 Å². The van der Waals surface area contributed by atoms with Crippen molar-refractivity contribution in [2.24, 2.45) is 0 Å². The van der Waals surface area contributed by atoms with E-state index in [4.69, 9.17) is 14.2 Å². The molecule has 1 saturated heterocycles. The van der Waals surface area contributed by atoms with Gasteiger partial charge in [0.15, 0.2) is 11.5 Å². The van der Waals surface area contributed by atoms with Gasteiger partial charge in [-0.1, -0.05) is 6.07 Å². The largest absolute Gasteiger partial charge is 0.454 e. The highest BCUT2D eigenvalue weighted by molar-refractivity contribution is 5.92. The van der Waals surface area contributed by atoms with Crippen molar-refractivity contribution in [3.8, 4) is 11.5 Å². The van der Waals surface area contributed by atoms with Gasteiger partial charge >= 0.3 is 0 Å². The second kappa shape index (κ2) is 9.53. The highest BCUT2D eigenvalue weighted by Crippen LogP contribution is 2.32. The fourth-order valence-electron chi connectivity index (χ4n) is 3.46. The first kappa shape index (κ1) is 20.1. The van der Waals surface area contributed by atoms with E-state index in [1.165, 1.54) is 18.6 Å². The SMILES string of the molecule is O=C(CCN(C[C@@H]1CCCO1)C(=O)c1cnccn1)NCc1ccc2c(c1)OCO2. The van der Waals surface area contributed by atoms with Crippen molar-refractivity contribution in [1.29, 1.82) is 0 Å². The average Bonchev–Trinajstić information content (AvgIpc) is 3.46. The van der Waals surface area contributed by atoms with Gasteiger partial charge in [0.05, 0.1) is 12.3 Å². The molecule has 0 unspecified atom stereocenters. The molecule has 0 aliphatic carbocycles. The molecule has 0 bridgehead atoms. The molecule has 1 fully saturated rings. The molecule has 3 heterocycles. The Balaban J connectivity index is 1.31. The summed E-state index contributed by atoms with van der Waals surface area (Å²) in [5, 5.41) is 2.89. The van der Waals surface area contributed by atoms with E-state index >= 15 is 0 Å². The van der Waals surface area contributed by atoms with Crippen LogP contribution in [0.2, 0.25) is 0 Å². The maximum Gasteiger partial charge on any atom is 0.274 e. The monoisotopic (exact) mass is 412 g/mol. The van der Waals surface area contributed by atoms with Gasteiger partial charge in [0.25, 0.3) is 5.91 Å². The fraction of sp³-hybridized carbons (Fsp3) is 0.429. The van der Waals surface area contributed by atoms with Crippen molar-refractivity contribution in [3.05, 3.63) is 48.0 Å². The van der Waals surface area contributed by atoms with Crippen LogP contribution in [0.25, 0.3) is 0 Å². The number of carbonyl (C=O) groups is 2. The molecule has 1 N–H and O–H groups in total. The number of carbonyl (C=O) groups excluding carboxylic acids is 2. The van der Waals surface area contributed by atoms with Gasteiger partial charge in [-0.15, -0.1) is 0 Å². The van der Waals surface area contributed by atoms with Crippen LogP contribution in [0.5, 0.6) is 11.5 Å². The first-order chi connectivity index (χ1) is 14.7. The Morgan fingerprint density at radius 2 is 2.10 bits per heavy atom. The van der Waals surface area contributed by atoms with Crippen LogP contribution in [0.15, 0.2) is 36.8 Å². The summed E-state index contributed by atoms with van der Waals surface area (Å²) in [6.45, 7) is 2.01. The molecule has 1 aromatic carbocycles. The summed E-state index contributed by atoms with van der Waals surface area (Å²) in [6, 6.07) is 5.56. The van der Waals surface area contributed by atoms with E-state index < -0.39 is 0 Å². The third-order valence-corrected chi connectivity index (χ3v) is 5.05. The quantitative estimate of drug-likeness (QED) is 0.701. The predicted molar refractivity (Wildman–Crippen MR) is 106 cm³/mol. The zero-order valence-corrected chi connectivity index (χ0v) is 16.6. The minimum atomic E-state index is -0.248. The van der Waals surface area contributed by atoms with Crippen molar-refractivity contribution in [2.75, 3.05) is 26.5 Å². The normalized spacial score (nSPS) is 17.0. The lowest BCUT2D eigenvalue weighted by molar-refractivity contribution is -0.121. The summed E-state index contributed by atoms with van der Waals surface area (Å²) in [5.74, 6) is 0.996. The zero-order valence-electron chi connectivity index (χ0n) is 16.6. The third kappa shape index (κ3) is 5.04. The van der Waals surface area contributed by atoms with Crippen LogP contribution in [0.1, 0.15) is 35.3 Å². The molecule has 9 nitrogen and oxygen atoms in total. The number of ether oxygens (including phenoxy) is 3. The topological polar surface area (TPSA) is 103 Å². The molecule has 1 aromatic heterocycles. The van der Waals surface area contributed by atoms with E-state index in [0.717, 1.165) is 18.4 Å². The number of amides is 2. The smallest absolute Gasteiger partial charge is 0.274 e. The molecule has 2 aromatic rings. The highest BCUT2D eigenvalue weighted by atomic mass is 16.7. The minimum absolute atomic E-state index is 0.0117. The van der Waals surface area contributed by atoms with E-state index in [0.29, 0.717) is 31.2 Å². The van der Waals surface area contributed by atoms with Crippen LogP contribution in [0.4, 0.5) is 0 Å². The summed E-state index contributed by atoms with van der Waals surface area (Å²) in [7, 11) is 0. The van der Waals surface area contributed by atoms with Crippen LogP contribution in [0.3, 0.4) is 0 Å². The summed E-state index contributed by atoms with van der Waals surface area (Å²) in [4.78, 5) is 34.9. The standard InChI is InChI=1S/C21H24N4O5/c26-20(24-11-15-3-4-18-19(10-15)30-14-29-18)5-8-25(13-16-2-1-9-28-16)21(27)17-12-22-6-7-23-17/h3-4,6-7,10,12,16H,1-2,5,8-9,11,13-14H2,(H,24,26)/t16-/m0/s1. The van der Waals surface area contributed by atoms with Crippen LogP contribution in [-0.2, 0) is 16.1 Å². The van der Waals surface area contributed by atoms with Gasteiger partial charge < -0.3 is 24.4 Å². The highest BCUT2D eigenvalue weighted by Gasteiger charge is 2.24. The van der Waals surface area contributed by atoms with Crippen LogP contribution < -0.4 is 14.8 Å². The van der Waals surface area contributed by atoms with Crippen molar-refractivity contribution in [1.82, 2.24) is 20.2 Å². The number of hydrogen-bond acceptors (Lipinski definition) is 7. The molecule has 9 heteroatoms. The molecule has 2 amide bonds. The van der Waals surface area contributed by atoms with E-state index in [1.54, 1.807) is 4.90 Å². The molecule has 0 radical (unpaired) electrons. The lowest BCUT2D eigenvalue weighted by Crippen LogP contribution is -2.40. The number of hydrogen-bond donors (Lipinski definition) is 1. The molecule has 2 aliphatic rings. The fourth-order valence-corrected chi connectivity index (χ4v) is 3.46. The summed E-state index contributed by atoms with van der Waals surface area (Å²) in [6.07, 6.45) is 6.49. The lowest BCUT2D eigenvalue weighted by atomic mass is 10.2. The Labute approximate surface area is 174 Å². The molecule has 158 valence electrons. The zero-order chi connectivity index (χ0) is 20.8. The number of benzene rings is 1. The first-order valence-corrected chi connectivity index (χ1v) is 10.0. The maximum atomic E-state index is 12.8. The Morgan fingerprint density at radius 1 is 1.20 bits per heavy atom. The summed E-state index contributed by atoms with van der Waals surface area (Å²) < 4.78 is 16.3. The van der Waals surface area contributed by atoms with Crippen LogP contribution in [0, 0.1) is 0 Å². The molecule has 2 aliphatic heterocycles. The van der Waals surface area contributed by atoms with E-state index in [-0.39, 0.29) is 43.4 Å². The Morgan fingerprint density at radius 3 is 2.90 bits per heavy atom. The number of aromatic nitrogens is 2. The number of nitrogens with one attached hydrogen (secondary N) is 1. The van der Waals surface area contributed by atoms with Gasteiger partial charge in [-0.3, -0.25) is 14.6 Å². The molecular formula is C21H24N4O5. The maximum absolute atomic E-state index is 12.8. The molecule has 30 heavy (non-hydrogen) atoms. The average molecular weight is 412 g/mol. The molecule has 0 saturated carbocycles. The number of nitrogens with zero attached hydrogens (tertiary/aromatic N) is 3. The number of rotatable bonds is 8. The van der Waals surface area contributed by atoms with E-state index in [1.807, 2.05) is 18.2 Å². The minimum Gasteiger partial charge on any atom is -0.454 e. The Hall–Kier alpha value is -3.20. The van der Waals surface area contributed by atoms with Gasteiger partial charge in [-0.2, -0.15) is 0 Å². The van der Waals surface area contributed by atoms with Crippen molar-refractivity contribution in [2.45, 2.75) is 31.9 Å². The van der Waals surface area contributed by atoms with Crippen molar-refractivity contribution < 1.29 is 23.8 Å². The second-order valence-electron chi connectivity index (χ2n) is 7.19. The van der Waals surface area contributed by atoms with Gasteiger partial charge in [-0.05, 0) is 30.5 Å². The molecular weight excluding hydrogens is 388 g/mol. The van der Waals surface area contributed by atoms with Gasteiger partial charge in [0.2, 0.25) is 12.7 Å². The molecule has 1 atom stereocenters. The third-order valence-electron chi connectivity index (χ3n) is 5.05.